The molecule has 0 aliphatic carbocycles. The number of furan rings is 1. The zero-order chi connectivity index (χ0) is 15.2. The van der Waals surface area contributed by atoms with Crippen molar-refractivity contribution >= 4 is 11.9 Å². The molecule has 0 saturated carbocycles. The van der Waals surface area contributed by atoms with E-state index in [2.05, 4.69) is 10.2 Å². The van der Waals surface area contributed by atoms with Crippen LogP contribution in [0, 0.1) is 5.92 Å². The summed E-state index contributed by atoms with van der Waals surface area (Å²) < 4.78 is 5.18. The predicted molar refractivity (Wildman–Crippen MR) is 76.6 cm³/mol. The van der Waals surface area contributed by atoms with E-state index in [0.717, 1.165) is 25.1 Å². The quantitative estimate of drug-likeness (QED) is 0.830. The molecule has 0 spiro atoms. The highest BCUT2D eigenvalue weighted by atomic mass is 16.4. The normalized spacial score (nSPS) is 20.9. The topological polar surface area (TPSA) is 82.8 Å². The van der Waals surface area contributed by atoms with Gasteiger partial charge in [-0.3, -0.25) is 14.5 Å². The van der Waals surface area contributed by atoms with E-state index >= 15 is 0 Å². The SMILES string of the molecule is CC(C(=O)NCc1ccco1)N1CCCC(CC(=O)O)C1. The molecule has 21 heavy (non-hydrogen) atoms. The van der Waals surface area contributed by atoms with Crippen molar-refractivity contribution in [2.75, 3.05) is 13.1 Å². The van der Waals surface area contributed by atoms with Crippen molar-refractivity contribution in [1.82, 2.24) is 10.2 Å². The Kier molecular flexibility index (Phi) is 5.38. The van der Waals surface area contributed by atoms with Crippen LogP contribution >= 0.6 is 0 Å². The lowest BCUT2D eigenvalue weighted by molar-refractivity contribution is -0.138. The van der Waals surface area contributed by atoms with Crippen LogP contribution in [0.4, 0.5) is 0 Å². The van der Waals surface area contributed by atoms with Gasteiger partial charge in [0.2, 0.25) is 5.91 Å². The molecule has 6 heteroatoms. The summed E-state index contributed by atoms with van der Waals surface area (Å²) >= 11 is 0. The molecule has 2 N–H and O–H groups in total. The summed E-state index contributed by atoms with van der Waals surface area (Å²) in [6, 6.07) is 3.34. The fourth-order valence-corrected chi connectivity index (χ4v) is 2.76. The lowest BCUT2D eigenvalue weighted by Gasteiger charge is -2.35. The molecule has 2 unspecified atom stereocenters. The number of likely N-dealkylation sites (tertiary alicyclic amines) is 1. The van der Waals surface area contributed by atoms with Crippen LogP contribution in [-0.4, -0.2) is 41.0 Å². The van der Waals surface area contributed by atoms with E-state index < -0.39 is 5.97 Å². The first kappa shape index (κ1) is 15.6. The molecule has 1 aliphatic heterocycles. The number of piperidine rings is 1. The highest BCUT2D eigenvalue weighted by Crippen LogP contribution is 2.21. The van der Waals surface area contributed by atoms with Crippen molar-refractivity contribution in [2.45, 2.75) is 38.8 Å². The maximum atomic E-state index is 12.2. The second kappa shape index (κ2) is 7.26. The van der Waals surface area contributed by atoms with Crippen molar-refractivity contribution in [2.24, 2.45) is 5.92 Å². The third-order valence-electron chi connectivity index (χ3n) is 3.96. The molecule has 6 nitrogen and oxygen atoms in total. The predicted octanol–water partition coefficient (Wildman–Crippen LogP) is 1.47. The molecule has 1 aromatic rings. The van der Waals surface area contributed by atoms with Crippen LogP contribution < -0.4 is 5.32 Å². The van der Waals surface area contributed by atoms with Gasteiger partial charge < -0.3 is 14.8 Å². The molecule has 1 aliphatic rings. The minimum atomic E-state index is -0.767. The second-order valence-electron chi connectivity index (χ2n) is 5.57. The Morgan fingerprint density at radius 2 is 2.38 bits per heavy atom. The maximum Gasteiger partial charge on any atom is 0.303 e. The number of carbonyl (C=O) groups excluding carboxylic acids is 1. The van der Waals surface area contributed by atoms with E-state index in [9.17, 15) is 9.59 Å². The van der Waals surface area contributed by atoms with Crippen LogP contribution in [0.2, 0.25) is 0 Å². The summed E-state index contributed by atoms with van der Waals surface area (Å²) in [5.74, 6) is 0.0358. The Hall–Kier alpha value is -1.82. The molecule has 116 valence electrons. The Bertz CT molecular complexity index is 472. The third-order valence-corrected chi connectivity index (χ3v) is 3.96. The van der Waals surface area contributed by atoms with E-state index in [1.165, 1.54) is 0 Å². The van der Waals surface area contributed by atoms with E-state index in [-0.39, 0.29) is 24.3 Å². The summed E-state index contributed by atoms with van der Waals surface area (Å²) in [6.07, 6.45) is 3.61. The van der Waals surface area contributed by atoms with Crippen LogP contribution in [0.5, 0.6) is 0 Å². The number of carbonyl (C=O) groups is 2. The molecular weight excluding hydrogens is 272 g/mol. The van der Waals surface area contributed by atoms with Gasteiger partial charge in [0.25, 0.3) is 0 Å². The third kappa shape index (κ3) is 4.60. The summed E-state index contributed by atoms with van der Waals surface area (Å²) in [7, 11) is 0. The van der Waals surface area contributed by atoms with Crippen molar-refractivity contribution in [1.29, 1.82) is 0 Å². The molecule has 2 heterocycles. The lowest BCUT2D eigenvalue weighted by Crippen LogP contribution is -2.49. The summed E-state index contributed by atoms with van der Waals surface area (Å²) in [5, 5.41) is 11.7. The minimum absolute atomic E-state index is 0.0534. The number of nitrogens with zero attached hydrogens (tertiary/aromatic N) is 1. The fraction of sp³-hybridized carbons (Fsp3) is 0.600. The van der Waals surface area contributed by atoms with Crippen LogP contribution in [0.3, 0.4) is 0 Å². The Morgan fingerprint density at radius 3 is 3.05 bits per heavy atom. The molecule has 2 atom stereocenters. The average molecular weight is 294 g/mol. The monoisotopic (exact) mass is 294 g/mol. The lowest BCUT2D eigenvalue weighted by atomic mass is 9.94. The van der Waals surface area contributed by atoms with Gasteiger partial charge in [-0.2, -0.15) is 0 Å². The van der Waals surface area contributed by atoms with E-state index in [4.69, 9.17) is 9.52 Å². The largest absolute Gasteiger partial charge is 0.481 e. The van der Waals surface area contributed by atoms with Gasteiger partial charge in [-0.05, 0) is 44.4 Å². The first-order valence-electron chi connectivity index (χ1n) is 7.32. The van der Waals surface area contributed by atoms with E-state index in [1.54, 1.807) is 12.3 Å². The van der Waals surface area contributed by atoms with Crippen LogP contribution in [0.15, 0.2) is 22.8 Å². The average Bonchev–Trinajstić information content (AvgIpc) is 2.97. The number of amides is 1. The summed E-state index contributed by atoms with van der Waals surface area (Å²) in [6.45, 7) is 3.75. The smallest absolute Gasteiger partial charge is 0.303 e. The first-order valence-corrected chi connectivity index (χ1v) is 7.32. The molecule has 0 aromatic carbocycles. The Labute approximate surface area is 124 Å². The number of nitrogens with one attached hydrogen (secondary N) is 1. The van der Waals surface area contributed by atoms with Gasteiger partial charge in [0, 0.05) is 13.0 Å². The minimum Gasteiger partial charge on any atom is -0.481 e. The number of aliphatic carboxylic acids is 1. The second-order valence-corrected chi connectivity index (χ2v) is 5.57. The van der Waals surface area contributed by atoms with Crippen molar-refractivity contribution < 1.29 is 19.1 Å². The van der Waals surface area contributed by atoms with Crippen molar-refractivity contribution in [3.8, 4) is 0 Å². The van der Waals surface area contributed by atoms with Crippen LogP contribution in [0.25, 0.3) is 0 Å². The van der Waals surface area contributed by atoms with Gasteiger partial charge in [0.15, 0.2) is 0 Å². The highest BCUT2D eigenvalue weighted by molar-refractivity contribution is 5.81. The Morgan fingerprint density at radius 1 is 1.57 bits per heavy atom. The van der Waals surface area contributed by atoms with E-state index in [0.29, 0.717) is 13.1 Å². The Balaban J connectivity index is 1.81. The number of rotatable bonds is 6. The van der Waals surface area contributed by atoms with Gasteiger partial charge in [-0.25, -0.2) is 0 Å². The van der Waals surface area contributed by atoms with Crippen molar-refractivity contribution in [3.63, 3.8) is 0 Å². The number of hydrogen-bond acceptors (Lipinski definition) is 4. The van der Waals surface area contributed by atoms with Crippen LogP contribution in [0.1, 0.15) is 31.9 Å². The standard InChI is InChI=1S/C15H22N2O4/c1-11(15(20)16-9-13-5-3-7-21-13)17-6-2-4-12(10-17)8-14(18)19/h3,5,7,11-12H,2,4,6,8-10H2,1H3,(H,16,20)(H,18,19). The zero-order valence-electron chi connectivity index (χ0n) is 12.2. The highest BCUT2D eigenvalue weighted by Gasteiger charge is 2.28. The molecule has 0 bridgehead atoms. The molecule has 1 fully saturated rings. The van der Waals surface area contributed by atoms with Gasteiger partial charge in [0.05, 0.1) is 18.8 Å². The summed E-state index contributed by atoms with van der Waals surface area (Å²) in [4.78, 5) is 25.0. The summed E-state index contributed by atoms with van der Waals surface area (Å²) in [5.41, 5.74) is 0. The number of carboxylic acid groups (broad SMARTS) is 1. The zero-order valence-corrected chi connectivity index (χ0v) is 12.2. The van der Waals surface area contributed by atoms with E-state index in [1.807, 2.05) is 13.0 Å². The van der Waals surface area contributed by atoms with Crippen molar-refractivity contribution in [3.05, 3.63) is 24.2 Å². The molecular formula is C15H22N2O4. The molecule has 0 radical (unpaired) electrons. The fourth-order valence-electron chi connectivity index (χ4n) is 2.76. The molecule has 1 saturated heterocycles. The maximum absolute atomic E-state index is 12.2. The molecule has 1 amide bonds. The van der Waals surface area contributed by atoms with Gasteiger partial charge in [0.1, 0.15) is 5.76 Å². The number of hydrogen-bond donors (Lipinski definition) is 2. The van der Waals surface area contributed by atoms with Gasteiger partial charge >= 0.3 is 5.97 Å². The number of carboxylic acids is 1. The van der Waals surface area contributed by atoms with Gasteiger partial charge in [-0.15, -0.1) is 0 Å². The molecule has 1 aromatic heterocycles. The molecule has 2 rings (SSSR count). The van der Waals surface area contributed by atoms with Gasteiger partial charge in [-0.1, -0.05) is 0 Å². The first-order chi connectivity index (χ1) is 10.1. The van der Waals surface area contributed by atoms with Crippen LogP contribution in [-0.2, 0) is 16.1 Å².